The third-order valence-electron chi connectivity index (χ3n) is 2.45. The lowest BCUT2D eigenvalue weighted by molar-refractivity contribution is 0.243. The fourth-order valence-electron chi connectivity index (χ4n) is 1.30. The van der Waals surface area contributed by atoms with E-state index < -0.39 is 0 Å². The second-order valence-corrected chi connectivity index (χ2v) is 5.16. The van der Waals surface area contributed by atoms with Crippen LogP contribution in [0.15, 0.2) is 24.3 Å². The fraction of sp³-hybridized carbons (Fsp3) is 0.571. The molecule has 15 heavy (non-hydrogen) atoms. The average molecular weight is 206 g/mol. The molecule has 84 valence electrons. The van der Waals surface area contributed by atoms with Gasteiger partial charge in [0.15, 0.2) is 0 Å². The number of hydrogen-bond acceptors (Lipinski definition) is 1. The first-order valence-corrected chi connectivity index (χ1v) is 5.73. The van der Waals surface area contributed by atoms with Gasteiger partial charge in [-0.1, -0.05) is 39.8 Å². The summed E-state index contributed by atoms with van der Waals surface area (Å²) in [6.07, 6.45) is 2.17. The summed E-state index contributed by atoms with van der Waals surface area (Å²) >= 11 is 0. The van der Waals surface area contributed by atoms with Crippen LogP contribution in [0.1, 0.15) is 39.7 Å². The molecule has 0 unspecified atom stereocenters. The van der Waals surface area contributed by atoms with Crippen LogP contribution in [-0.4, -0.2) is 6.61 Å². The van der Waals surface area contributed by atoms with Crippen molar-refractivity contribution >= 4 is 0 Å². The minimum absolute atomic E-state index is 0.351. The molecule has 0 atom stereocenters. The Bertz CT molecular complexity index is 279. The van der Waals surface area contributed by atoms with Crippen LogP contribution in [0, 0.1) is 5.41 Å². The Balaban J connectivity index is 2.38. The Morgan fingerprint density at radius 2 is 1.67 bits per heavy atom. The standard InChI is InChI=1S/C14H22O/c1-5-12-6-8-13(9-7-12)15-11-10-14(2,3)4/h6-9H,5,10-11H2,1-4H3. The van der Waals surface area contributed by atoms with E-state index in [1.165, 1.54) is 5.56 Å². The van der Waals surface area contributed by atoms with E-state index in [9.17, 15) is 0 Å². The molecule has 0 spiro atoms. The number of aryl methyl sites for hydroxylation is 1. The van der Waals surface area contributed by atoms with E-state index in [-0.39, 0.29) is 0 Å². The zero-order chi connectivity index (χ0) is 11.3. The molecular weight excluding hydrogens is 184 g/mol. The van der Waals surface area contributed by atoms with Crippen molar-refractivity contribution in [1.29, 1.82) is 0 Å². The summed E-state index contributed by atoms with van der Waals surface area (Å²) in [5.74, 6) is 0.983. The maximum Gasteiger partial charge on any atom is 0.119 e. The minimum Gasteiger partial charge on any atom is -0.494 e. The molecule has 0 fully saturated rings. The van der Waals surface area contributed by atoms with Gasteiger partial charge in [-0.05, 0) is 36.0 Å². The highest BCUT2D eigenvalue weighted by Gasteiger charge is 2.09. The molecule has 0 saturated heterocycles. The van der Waals surface area contributed by atoms with Crippen LogP contribution >= 0.6 is 0 Å². The van der Waals surface area contributed by atoms with Gasteiger partial charge in [-0.15, -0.1) is 0 Å². The van der Waals surface area contributed by atoms with E-state index in [1.54, 1.807) is 0 Å². The summed E-state index contributed by atoms with van der Waals surface area (Å²) in [5, 5.41) is 0. The monoisotopic (exact) mass is 206 g/mol. The summed E-state index contributed by atoms with van der Waals surface area (Å²) in [6.45, 7) is 9.66. The van der Waals surface area contributed by atoms with Crippen LogP contribution in [0.25, 0.3) is 0 Å². The highest BCUT2D eigenvalue weighted by atomic mass is 16.5. The molecule has 1 aromatic rings. The SMILES string of the molecule is CCc1ccc(OCCC(C)(C)C)cc1. The first-order valence-electron chi connectivity index (χ1n) is 5.73. The molecule has 0 aliphatic carbocycles. The maximum atomic E-state index is 5.68. The van der Waals surface area contributed by atoms with Crippen molar-refractivity contribution in [2.45, 2.75) is 40.5 Å². The van der Waals surface area contributed by atoms with Gasteiger partial charge in [-0.3, -0.25) is 0 Å². The van der Waals surface area contributed by atoms with Crippen molar-refractivity contribution in [3.05, 3.63) is 29.8 Å². The third-order valence-corrected chi connectivity index (χ3v) is 2.45. The zero-order valence-corrected chi connectivity index (χ0v) is 10.3. The second kappa shape index (κ2) is 5.20. The van der Waals surface area contributed by atoms with Crippen LogP contribution in [0.5, 0.6) is 5.75 Å². The molecule has 0 aliphatic heterocycles. The van der Waals surface area contributed by atoms with Gasteiger partial charge in [0.1, 0.15) is 5.75 Å². The molecule has 0 radical (unpaired) electrons. The van der Waals surface area contributed by atoms with Crippen LogP contribution < -0.4 is 4.74 Å². The summed E-state index contributed by atoms with van der Waals surface area (Å²) in [6, 6.07) is 8.38. The third kappa shape index (κ3) is 4.87. The zero-order valence-electron chi connectivity index (χ0n) is 10.3. The number of rotatable bonds is 4. The van der Waals surface area contributed by atoms with Crippen molar-refractivity contribution in [3.63, 3.8) is 0 Å². The van der Waals surface area contributed by atoms with Crippen molar-refractivity contribution in [2.24, 2.45) is 5.41 Å². The lowest BCUT2D eigenvalue weighted by Gasteiger charge is -2.18. The molecular formula is C14H22O. The smallest absolute Gasteiger partial charge is 0.119 e. The van der Waals surface area contributed by atoms with Gasteiger partial charge in [0.2, 0.25) is 0 Å². The molecule has 0 saturated carbocycles. The van der Waals surface area contributed by atoms with Crippen molar-refractivity contribution in [1.82, 2.24) is 0 Å². The Hall–Kier alpha value is -0.980. The Labute approximate surface area is 93.5 Å². The summed E-state index contributed by atoms with van der Waals surface area (Å²) in [5.41, 5.74) is 1.71. The van der Waals surface area contributed by atoms with Crippen molar-refractivity contribution in [3.8, 4) is 5.75 Å². The van der Waals surface area contributed by atoms with Gasteiger partial charge in [-0.25, -0.2) is 0 Å². The van der Waals surface area contributed by atoms with E-state index in [4.69, 9.17) is 4.74 Å². The molecule has 0 aromatic heterocycles. The van der Waals surface area contributed by atoms with Crippen LogP contribution in [0.4, 0.5) is 0 Å². The van der Waals surface area contributed by atoms with E-state index in [2.05, 4.69) is 52.0 Å². The largest absolute Gasteiger partial charge is 0.494 e. The van der Waals surface area contributed by atoms with Crippen LogP contribution in [0.2, 0.25) is 0 Å². The molecule has 1 nitrogen and oxygen atoms in total. The lowest BCUT2D eigenvalue weighted by atomic mass is 9.93. The number of benzene rings is 1. The maximum absolute atomic E-state index is 5.68. The summed E-state index contributed by atoms with van der Waals surface area (Å²) in [4.78, 5) is 0. The van der Waals surface area contributed by atoms with Gasteiger partial charge < -0.3 is 4.74 Å². The van der Waals surface area contributed by atoms with E-state index in [1.807, 2.05) is 0 Å². The second-order valence-electron chi connectivity index (χ2n) is 5.16. The van der Waals surface area contributed by atoms with Gasteiger partial charge in [-0.2, -0.15) is 0 Å². The van der Waals surface area contributed by atoms with Gasteiger partial charge in [0.25, 0.3) is 0 Å². The van der Waals surface area contributed by atoms with Gasteiger partial charge >= 0.3 is 0 Å². The van der Waals surface area contributed by atoms with Crippen molar-refractivity contribution < 1.29 is 4.74 Å². The molecule has 1 aromatic carbocycles. The Morgan fingerprint density at radius 1 is 1.07 bits per heavy atom. The quantitative estimate of drug-likeness (QED) is 0.721. The summed E-state index contributed by atoms with van der Waals surface area (Å²) in [7, 11) is 0. The molecule has 0 amide bonds. The van der Waals surface area contributed by atoms with Crippen LogP contribution in [0.3, 0.4) is 0 Å². The van der Waals surface area contributed by atoms with E-state index in [0.29, 0.717) is 5.41 Å². The number of hydrogen-bond donors (Lipinski definition) is 0. The average Bonchev–Trinajstić information content (AvgIpc) is 2.17. The first kappa shape index (κ1) is 12.1. The van der Waals surface area contributed by atoms with Gasteiger partial charge in [0, 0.05) is 0 Å². The molecule has 1 rings (SSSR count). The Kier molecular flexibility index (Phi) is 4.19. The normalized spacial score (nSPS) is 11.5. The lowest BCUT2D eigenvalue weighted by Crippen LogP contribution is -2.11. The molecule has 1 heteroatoms. The van der Waals surface area contributed by atoms with Gasteiger partial charge in [0.05, 0.1) is 6.61 Å². The predicted octanol–water partition coefficient (Wildman–Crippen LogP) is 4.06. The molecule has 0 aliphatic rings. The molecule has 0 heterocycles. The van der Waals surface area contributed by atoms with E-state index in [0.717, 1.165) is 25.2 Å². The topological polar surface area (TPSA) is 9.23 Å². The van der Waals surface area contributed by atoms with E-state index >= 15 is 0 Å². The molecule has 0 bridgehead atoms. The summed E-state index contributed by atoms with van der Waals surface area (Å²) < 4.78 is 5.68. The Morgan fingerprint density at radius 3 is 2.13 bits per heavy atom. The highest BCUT2D eigenvalue weighted by molar-refractivity contribution is 5.27. The van der Waals surface area contributed by atoms with Crippen molar-refractivity contribution in [2.75, 3.05) is 6.61 Å². The fourth-order valence-corrected chi connectivity index (χ4v) is 1.30. The first-order chi connectivity index (χ1) is 7.01. The highest BCUT2D eigenvalue weighted by Crippen LogP contribution is 2.19. The minimum atomic E-state index is 0.351. The van der Waals surface area contributed by atoms with Crippen LogP contribution in [-0.2, 0) is 6.42 Å². The predicted molar refractivity (Wildman–Crippen MR) is 65.4 cm³/mol. The molecule has 0 N–H and O–H groups in total. The number of ether oxygens (including phenoxy) is 1.